The van der Waals surface area contributed by atoms with Gasteiger partial charge in [0.15, 0.2) is 5.78 Å². The van der Waals surface area contributed by atoms with Crippen LogP contribution in [0.5, 0.6) is 0 Å². The Balaban J connectivity index is 1.85. The summed E-state index contributed by atoms with van der Waals surface area (Å²) < 4.78 is 1.19. The van der Waals surface area contributed by atoms with E-state index in [1.54, 1.807) is 11.3 Å². The van der Waals surface area contributed by atoms with Gasteiger partial charge >= 0.3 is 0 Å². The number of aliphatic imine (C=N–C) groups is 1. The Morgan fingerprint density at radius 2 is 2.24 bits per heavy atom. The van der Waals surface area contributed by atoms with Crippen molar-refractivity contribution in [2.75, 3.05) is 6.54 Å². The van der Waals surface area contributed by atoms with Crippen LogP contribution >= 0.6 is 11.3 Å². The van der Waals surface area contributed by atoms with Crippen LogP contribution in [0.25, 0.3) is 10.2 Å². The van der Waals surface area contributed by atoms with E-state index in [9.17, 15) is 4.79 Å². The van der Waals surface area contributed by atoms with Crippen LogP contribution < -0.4 is 0 Å². The number of rotatable bonds is 2. The number of benzene rings is 1. The number of nitrogens with zero attached hydrogens (tertiary/aromatic N) is 2. The van der Waals surface area contributed by atoms with Crippen molar-refractivity contribution in [1.82, 2.24) is 4.98 Å². The van der Waals surface area contributed by atoms with E-state index < -0.39 is 0 Å². The monoisotopic (exact) mass is 244 g/mol. The molecule has 0 saturated carbocycles. The van der Waals surface area contributed by atoms with Crippen molar-refractivity contribution in [1.29, 1.82) is 0 Å². The third-order valence-corrected chi connectivity index (χ3v) is 4.04. The van der Waals surface area contributed by atoms with Crippen LogP contribution in [-0.4, -0.2) is 23.5 Å². The second kappa shape index (κ2) is 4.37. The van der Waals surface area contributed by atoms with Crippen LogP contribution in [0.3, 0.4) is 0 Å². The van der Waals surface area contributed by atoms with Gasteiger partial charge in [0.05, 0.1) is 21.8 Å². The molecule has 0 radical (unpaired) electrons. The maximum atomic E-state index is 11.7. The van der Waals surface area contributed by atoms with E-state index in [0.717, 1.165) is 23.4 Å². The van der Waals surface area contributed by atoms with Gasteiger partial charge in [-0.05, 0) is 24.8 Å². The van der Waals surface area contributed by atoms with E-state index >= 15 is 0 Å². The minimum atomic E-state index is 0.0769. The fourth-order valence-corrected chi connectivity index (χ4v) is 3.08. The van der Waals surface area contributed by atoms with Crippen LogP contribution in [0.1, 0.15) is 11.4 Å². The predicted octanol–water partition coefficient (Wildman–Crippen LogP) is 2.50. The first-order valence-electron chi connectivity index (χ1n) is 5.68. The van der Waals surface area contributed by atoms with E-state index in [-0.39, 0.29) is 11.7 Å². The number of Topliss-reactive ketones (excluding diaryl/α,β-unsaturated/α-hetero) is 1. The Kier molecular flexibility index (Phi) is 2.73. The van der Waals surface area contributed by atoms with Crippen LogP contribution in [0.2, 0.25) is 0 Å². The SMILES string of the molecule is O=C1CN=CCC1Cc1nc2ccccc2s1. The number of para-hydroxylation sites is 1. The van der Waals surface area contributed by atoms with Crippen molar-refractivity contribution in [3.63, 3.8) is 0 Å². The topological polar surface area (TPSA) is 42.3 Å². The molecule has 0 bridgehead atoms. The summed E-state index contributed by atoms with van der Waals surface area (Å²) in [6, 6.07) is 8.09. The Morgan fingerprint density at radius 1 is 1.35 bits per heavy atom. The fourth-order valence-electron chi connectivity index (χ4n) is 2.03. The summed E-state index contributed by atoms with van der Waals surface area (Å²) in [5.41, 5.74) is 1.03. The minimum Gasteiger partial charge on any atom is -0.297 e. The van der Waals surface area contributed by atoms with Crippen molar-refractivity contribution in [3.8, 4) is 0 Å². The number of ketones is 1. The predicted molar refractivity (Wildman–Crippen MR) is 69.8 cm³/mol. The summed E-state index contributed by atoms with van der Waals surface area (Å²) in [6.07, 6.45) is 3.37. The molecular weight excluding hydrogens is 232 g/mol. The van der Waals surface area contributed by atoms with Crippen LogP contribution in [0.4, 0.5) is 0 Å². The summed E-state index contributed by atoms with van der Waals surface area (Å²) >= 11 is 1.69. The molecule has 0 aliphatic carbocycles. The molecule has 0 N–H and O–H groups in total. The van der Waals surface area contributed by atoms with Crippen LogP contribution in [0.15, 0.2) is 29.3 Å². The number of carbonyl (C=O) groups is 1. The molecule has 1 aromatic heterocycles. The second-order valence-corrected chi connectivity index (χ2v) is 5.32. The summed E-state index contributed by atoms with van der Waals surface area (Å²) in [4.78, 5) is 20.2. The molecule has 4 heteroatoms. The highest BCUT2D eigenvalue weighted by molar-refractivity contribution is 7.18. The summed E-state index contributed by atoms with van der Waals surface area (Å²) in [6.45, 7) is 0.343. The summed E-state index contributed by atoms with van der Waals surface area (Å²) in [7, 11) is 0. The molecule has 0 amide bonds. The molecule has 2 aromatic rings. The van der Waals surface area contributed by atoms with Crippen molar-refractivity contribution in [2.24, 2.45) is 10.9 Å². The zero-order chi connectivity index (χ0) is 11.7. The van der Waals surface area contributed by atoms with Gasteiger partial charge in [0, 0.05) is 12.3 Å². The molecule has 0 spiro atoms. The van der Waals surface area contributed by atoms with E-state index in [1.165, 1.54) is 4.70 Å². The van der Waals surface area contributed by atoms with Gasteiger partial charge in [0.25, 0.3) is 0 Å². The number of carbonyl (C=O) groups excluding carboxylic acids is 1. The van der Waals surface area contributed by atoms with E-state index in [0.29, 0.717) is 6.54 Å². The third-order valence-electron chi connectivity index (χ3n) is 2.98. The van der Waals surface area contributed by atoms with Gasteiger partial charge in [-0.25, -0.2) is 4.98 Å². The van der Waals surface area contributed by atoms with Gasteiger partial charge in [-0.2, -0.15) is 0 Å². The number of aromatic nitrogens is 1. The lowest BCUT2D eigenvalue weighted by atomic mass is 9.95. The molecule has 1 atom stereocenters. The van der Waals surface area contributed by atoms with E-state index in [4.69, 9.17) is 0 Å². The Hall–Kier alpha value is -1.55. The zero-order valence-corrected chi connectivity index (χ0v) is 10.1. The maximum absolute atomic E-state index is 11.7. The normalized spacial score (nSPS) is 20.0. The Bertz CT molecular complexity index is 555. The average molecular weight is 244 g/mol. The molecule has 1 aromatic carbocycles. The minimum absolute atomic E-state index is 0.0769. The fraction of sp³-hybridized carbons (Fsp3) is 0.308. The molecule has 3 rings (SSSR count). The van der Waals surface area contributed by atoms with E-state index in [1.807, 2.05) is 24.4 Å². The molecule has 0 saturated heterocycles. The molecule has 1 aliphatic heterocycles. The van der Waals surface area contributed by atoms with Crippen LogP contribution in [-0.2, 0) is 11.2 Å². The highest BCUT2D eigenvalue weighted by Crippen LogP contribution is 2.25. The van der Waals surface area contributed by atoms with Gasteiger partial charge in [0.1, 0.15) is 0 Å². The second-order valence-electron chi connectivity index (χ2n) is 4.20. The number of thiazole rings is 1. The maximum Gasteiger partial charge on any atom is 0.158 e. The molecule has 1 aliphatic rings. The highest BCUT2D eigenvalue weighted by Gasteiger charge is 2.21. The van der Waals surface area contributed by atoms with Gasteiger partial charge in [0.2, 0.25) is 0 Å². The molecule has 3 nitrogen and oxygen atoms in total. The molecule has 1 unspecified atom stereocenters. The number of fused-ring (bicyclic) bond motifs is 1. The zero-order valence-electron chi connectivity index (χ0n) is 9.30. The van der Waals surface area contributed by atoms with Crippen molar-refractivity contribution in [2.45, 2.75) is 12.8 Å². The highest BCUT2D eigenvalue weighted by atomic mass is 32.1. The molecule has 86 valence electrons. The molecule has 2 heterocycles. The van der Waals surface area contributed by atoms with Gasteiger partial charge in [-0.15, -0.1) is 11.3 Å². The third kappa shape index (κ3) is 2.13. The first-order chi connectivity index (χ1) is 8.33. The number of hydrogen-bond donors (Lipinski definition) is 0. The van der Waals surface area contributed by atoms with Crippen LogP contribution in [0, 0.1) is 5.92 Å². The quantitative estimate of drug-likeness (QED) is 0.814. The van der Waals surface area contributed by atoms with Crippen molar-refractivity contribution in [3.05, 3.63) is 29.3 Å². The lowest BCUT2D eigenvalue weighted by Gasteiger charge is -2.13. The van der Waals surface area contributed by atoms with Crippen molar-refractivity contribution >= 4 is 33.6 Å². The van der Waals surface area contributed by atoms with Gasteiger partial charge < -0.3 is 0 Å². The summed E-state index contributed by atoms with van der Waals surface area (Å²) in [5.74, 6) is 0.319. The lowest BCUT2D eigenvalue weighted by Crippen LogP contribution is -2.23. The molecule has 0 fully saturated rings. The van der Waals surface area contributed by atoms with E-state index in [2.05, 4.69) is 16.0 Å². The average Bonchev–Trinajstić information content (AvgIpc) is 2.74. The molecular formula is C13H12N2OS. The first-order valence-corrected chi connectivity index (χ1v) is 6.50. The number of hydrogen-bond acceptors (Lipinski definition) is 4. The molecule has 17 heavy (non-hydrogen) atoms. The Labute approximate surface area is 103 Å². The standard InChI is InChI=1S/C13H12N2OS/c16-11-8-14-6-5-9(11)7-13-15-10-3-1-2-4-12(10)17-13/h1-4,6,9H,5,7-8H2. The largest absolute Gasteiger partial charge is 0.297 e. The van der Waals surface area contributed by atoms with Crippen molar-refractivity contribution < 1.29 is 4.79 Å². The smallest absolute Gasteiger partial charge is 0.158 e. The summed E-state index contributed by atoms with van der Waals surface area (Å²) in [5, 5.41) is 1.06. The van der Waals surface area contributed by atoms with Gasteiger partial charge in [-0.1, -0.05) is 12.1 Å². The lowest BCUT2D eigenvalue weighted by molar-refractivity contribution is -0.121. The Morgan fingerprint density at radius 3 is 3.06 bits per heavy atom. The first kappa shape index (κ1) is 10.6. The van der Waals surface area contributed by atoms with Gasteiger partial charge in [-0.3, -0.25) is 9.79 Å².